The first-order chi connectivity index (χ1) is 6.99. The summed E-state index contributed by atoms with van der Waals surface area (Å²) >= 11 is 0. The van der Waals surface area contributed by atoms with Crippen molar-refractivity contribution in [1.82, 2.24) is 5.32 Å². The van der Waals surface area contributed by atoms with Gasteiger partial charge < -0.3 is 11.1 Å². The summed E-state index contributed by atoms with van der Waals surface area (Å²) in [4.78, 5) is 11.7. The predicted molar refractivity (Wildman–Crippen MR) is 71.8 cm³/mol. The maximum atomic E-state index is 11.7. The zero-order chi connectivity index (χ0) is 11.9. The van der Waals surface area contributed by atoms with E-state index in [1.807, 2.05) is 0 Å². The number of amides is 1. The summed E-state index contributed by atoms with van der Waals surface area (Å²) in [7, 11) is 0. The van der Waals surface area contributed by atoms with E-state index in [1.54, 1.807) is 0 Å². The summed E-state index contributed by atoms with van der Waals surface area (Å²) in [6.45, 7) is 8.91. The van der Waals surface area contributed by atoms with E-state index in [1.165, 1.54) is 0 Å². The van der Waals surface area contributed by atoms with Crippen LogP contribution in [0.3, 0.4) is 0 Å². The van der Waals surface area contributed by atoms with Gasteiger partial charge in [-0.25, -0.2) is 0 Å². The van der Waals surface area contributed by atoms with Gasteiger partial charge in [-0.15, -0.1) is 12.4 Å². The molecular formula is C12H27ClN2O. The molecule has 0 bridgehead atoms. The minimum atomic E-state index is -0.186. The second kappa shape index (κ2) is 8.82. The Morgan fingerprint density at radius 1 is 1.31 bits per heavy atom. The van der Waals surface area contributed by atoms with E-state index in [9.17, 15) is 4.79 Å². The molecular weight excluding hydrogens is 224 g/mol. The Bertz CT molecular complexity index is 183. The molecule has 3 nitrogen and oxygen atoms in total. The monoisotopic (exact) mass is 250 g/mol. The summed E-state index contributed by atoms with van der Waals surface area (Å²) in [5.74, 6) is 0.712. The van der Waals surface area contributed by atoms with E-state index in [2.05, 4.69) is 33.0 Å². The van der Waals surface area contributed by atoms with Crippen molar-refractivity contribution < 1.29 is 4.79 Å². The van der Waals surface area contributed by atoms with Gasteiger partial charge in [0.05, 0.1) is 5.54 Å². The molecule has 3 N–H and O–H groups in total. The van der Waals surface area contributed by atoms with Crippen molar-refractivity contribution >= 4 is 18.3 Å². The SMILES string of the molecule is CCC(CC)(CN)NC(=O)CCC(C)C.Cl. The highest BCUT2D eigenvalue weighted by atomic mass is 35.5. The second-order valence-electron chi connectivity index (χ2n) is 4.67. The van der Waals surface area contributed by atoms with Crippen molar-refractivity contribution in [3.63, 3.8) is 0 Å². The van der Waals surface area contributed by atoms with E-state index >= 15 is 0 Å². The van der Waals surface area contributed by atoms with Crippen LogP contribution in [-0.4, -0.2) is 18.0 Å². The molecule has 0 aliphatic heterocycles. The molecule has 0 saturated heterocycles. The average Bonchev–Trinajstić information content (AvgIpc) is 2.23. The molecule has 0 saturated carbocycles. The van der Waals surface area contributed by atoms with Crippen molar-refractivity contribution in [2.75, 3.05) is 6.54 Å². The second-order valence-corrected chi connectivity index (χ2v) is 4.67. The van der Waals surface area contributed by atoms with Crippen LogP contribution < -0.4 is 11.1 Å². The number of carbonyl (C=O) groups excluding carboxylic acids is 1. The maximum Gasteiger partial charge on any atom is 0.220 e. The van der Waals surface area contributed by atoms with Crippen molar-refractivity contribution in [2.45, 2.75) is 58.9 Å². The zero-order valence-corrected chi connectivity index (χ0v) is 11.8. The van der Waals surface area contributed by atoms with Crippen LogP contribution in [0.15, 0.2) is 0 Å². The van der Waals surface area contributed by atoms with E-state index in [0.29, 0.717) is 18.9 Å². The molecule has 98 valence electrons. The lowest BCUT2D eigenvalue weighted by molar-refractivity contribution is -0.123. The van der Waals surface area contributed by atoms with E-state index in [4.69, 9.17) is 5.73 Å². The lowest BCUT2D eigenvalue weighted by atomic mass is 9.92. The molecule has 1 amide bonds. The standard InChI is InChI=1S/C12H26N2O.ClH/c1-5-12(6-2,9-13)14-11(15)8-7-10(3)4;/h10H,5-9,13H2,1-4H3,(H,14,15);1H. The molecule has 0 aromatic rings. The Balaban J connectivity index is 0. The summed E-state index contributed by atoms with van der Waals surface area (Å²) < 4.78 is 0. The molecule has 0 fully saturated rings. The number of nitrogens with two attached hydrogens (primary N) is 1. The molecule has 0 radical (unpaired) electrons. The fourth-order valence-corrected chi connectivity index (χ4v) is 1.54. The third-order valence-electron chi connectivity index (χ3n) is 3.10. The summed E-state index contributed by atoms with van der Waals surface area (Å²) in [5, 5.41) is 3.07. The van der Waals surface area contributed by atoms with Crippen molar-refractivity contribution in [3.8, 4) is 0 Å². The topological polar surface area (TPSA) is 55.1 Å². The van der Waals surface area contributed by atoms with Gasteiger partial charge in [-0.3, -0.25) is 4.79 Å². The van der Waals surface area contributed by atoms with Crippen LogP contribution in [-0.2, 0) is 4.79 Å². The van der Waals surface area contributed by atoms with E-state index < -0.39 is 0 Å². The Morgan fingerprint density at radius 3 is 2.12 bits per heavy atom. The molecule has 0 aromatic carbocycles. The molecule has 0 aliphatic rings. The first-order valence-electron chi connectivity index (χ1n) is 6.00. The van der Waals surface area contributed by atoms with Crippen LogP contribution in [0.2, 0.25) is 0 Å². The third kappa shape index (κ3) is 6.33. The molecule has 0 aliphatic carbocycles. The normalized spacial score (nSPS) is 11.1. The van der Waals surface area contributed by atoms with Crippen LogP contribution >= 0.6 is 12.4 Å². The lowest BCUT2D eigenvalue weighted by Gasteiger charge is -2.31. The highest BCUT2D eigenvalue weighted by Crippen LogP contribution is 2.14. The molecule has 0 aromatic heterocycles. The number of hydrogen-bond donors (Lipinski definition) is 2. The number of rotatable bonds is 7. The van der Waals surface area contributed by atoms with Gasteiger partial charge in [0.15, 0.2) is 0 Å². The van der Waals surface area contributed by atoms with Gasteiger partial charge in [0.2, 0.25) is 5.91 Å². The maximum absolute atomic E-state index is 11.7. The molecule has 0 atom stereocenters. The van der Waals surface area contributed by atoms with Gasteiger partial charge >= 0.3 is 0 Å². The minimum Gasteiger partial charge on any atom is -0.349 e. The van der Waals surface area contributed by atoms with Crippen LogP contribution in [0.25, 0.3) is 0 Å². The molecule has 16 heavy (non-hydrogen) atoms. The Hall–Kier alpha value is -0.280. The first kappa shape index (κ1) is 18.1. The Labute approximate surface area is 106 Å². The molecule has 0 unspecified atom stereocenters. The summed E-state index contributed by atoms with van der Waals surface area (Å²) in [6.07, 6.45) is 3.35. The highest BCUT2D eigenvalue weighted by Gasteiger charge is 2.25. The quantitative estimate of drug-likeness (QED) is 0.730. The predicted octanol–water partition coefficient (Wildman–Crippen LogP) is 2.48. The number of carbonyl (C=O) groups is 1. The smallest absolute Gasteiger partial charge is 0.220 e. The molecule has 0 spiro atoms. The van der Waals surface area contributed by atoms with Gasteiger partial charge in [0, 0.05) is 13.0 Å². The lowest BCUT2D eigenvalue weighted by Crippen LogP contribution is -2.52. The minimum absolute atomic E-state index is 0. The van der Waals surface area contributed by atoms with Crippen LogP contribution in [0.5, 0.6) is 0 Å². The van der Waals surface area contributed by atoms with Crippen LogP contribution in [0.4, 0.5) is 0 Å². The average molecular weight is 251 g/mol. The van der Waals surface area contributed by atoms with Gasteiger partial charge in [0.25, 0.3) is 0 Å². The fraction of sp³-hybridized carbons (Fsp3) is 0.917. The number of hydrogen-bond acceptors (Lipinski definition) is 2. The van der Waals surface area contributed by atoms with Crippen LogP contribution in [0, 0.1) is 5.92 Å². The molecule has 0 rings (SSSR count). The van der Waals surface area contributed by atoms with Crippen molar-refractivity contribution in [3.05, 3.63) is 0 Å². The molecule has 4 heteroatoms. The first-order valence-corrected chi connectivity index (χ1v) is 6.00. The summed E-state index contributed by atoms with van der Waals surface area (Å²) in [5.41, 5.74) is 5.53. The van der Waals surface area contributed by atoms with E-state index in [-0.39, 0.29) is 23.9 Å². The highest BCUT2D eigenvalue weighted by molar-refractivity contribution is 5.85. The van der Waals surface area contributed by atoms with Crippen molar-refractivity contribution in [1.29, 1.82) is 0 Å². The van der Waals surface area contributed by atoms with Gasteiger partial charge in [-0.2, -0.15) is 0 Å². The zero-order valence-electron chi connectivity index (χ0n) is 11.0. The van der Waals surface area contributed by atoms with Crippen LogP contribution in [0.1, 0.15) is 53.4 Å². The fourth-order valence-electron chi connectivity index (χ4n) is 1.54. The van der Waals surface area contributed by atoms with Gasteiger partial charge in [0.1, 0.15) is 0 Å². The van der Waals surface area contributed by atoms with E-state index in [0.717, 1.165) is 19.3 Å². The Kier molecular flexibility index (Phi) is 9.98. The van der Waals surface area contributed by atoms with Gasteiger partial charge in [-0.1, -0.05) is 27.7 Å². The number of nitrogens with one attached hydrogen (secondary N) is 1. The summed E-state index contributed by atoms with van der Waals surface area (Å²) in [6, 6.07) is 0. The molecule has 0 heterocycles. The largest absolute Gasteiger partial charge is 0.349 e. The third-order valence-corrected chi connectivity index (χ3v) is 3.10. The van der Waals surface area contributed by atoms with Gasteiger partial charge in [-0.05, 0) is 25.2 Å². The number of halogens is 1. The van der Waals surface area contributed by atoms with Crippen molar-refractivity contribution in [2.24, 2.45) is 11.7 Å². The Morgan fingerprint density at radius 2 is 1.81 bits per heavy atom.